The van der Waals surface area contributed by atoms with Crippen molar-refractivity contribution in [3.05, 3.63) is 24.0 Å². The minimum atomic E-state index is -0.527. The van der Waals surface area contributed by atoms with Gasteiger partial charge < -0.3 is 19.4 Å². The SMILES string of the molecule is O=C(NC1CC1)C1CN(c2nc3ccc(F)cc3o2)CCO1. The number of hydrogen-bond acceptors (Lipinski definition) is 5. The molecule has 116 valence electrons. The van der Waals surface area contributed by atoms with Crippen molar-refractivity contribution in [3.63, 3.8) is 0 Å². The van der Waals surface area contributed by atoms with E-state index < -0.39 is 6.10 Å². The van der Waals surface area contributed by atoms with Gasteiger partial charge in [0.05, 0.1) is 13.2 Å². The van der Waals surface area contributed by atoms with Crippen molar-refractivity contribution < 1.29 is 18.3 Å². The lowest BCUT2D eigenvalue weighted by Gasteiger charge is -2.31. The van der Waals surface area contributed by atoms with Gasteiger partial charge in [0.2, 0.25) is 0 Å². The van der Waals surface area contributed by atoms with Gasteiger partial charge in [-0.05, 0) is 25.0 Å². The number of benzene rings is 1. The summed E-state index contributed by atoms with van der Waals surface area (Å²) in [4.78, 5) is 18.3. The number of anilines is 1. The highest BCUT2D eigenvalue weighted by Crippen LogP contribution is 2.24. The van der Waals surface area contributed by atoms with Gasteiger partial charge in [-0.3, -0.25) is 4.79 Å². The van der Waals surface area contributed by atoms with Crippen LogP contribution in [0.15, 0.2) is 22.6 Å². The molecule has 1 aromatic carbocycles. The van der Waals surface area contributed by atoms with Crippen LogP contribution in [0.3, 0.4) is 0 Å². The van der Waals surface area contributed by atoms with Crippen LogP contribution in [0.1, 0.15) is 12.8 Å². The number of rotatable bonds is 3. The van der Waals surface area contributed by atoms with Gasteiger partial charge in [-0.1, -0.05) is 0 Å². The Morgan fingerprint density at radius 3 is 3.09 bits per heavy atom. The maximum Gasteiger partial charge on any atom is 0.298 e. The third kappa shape index (κ3) is 2.64. The largest absolute Gasteiger partial charge is 0.423 e. The molecule has 1 aliphatic heterocycles. The number of carbonyl (C=O) groups is 1. The standard InChI is InChI=1S/C15H16FN3O3/c16-9-1-4-11-12(7-9)22-15(18-11)19-5-6-21-13(8-19)14(20)17-10-2-3-10/h1,4,7,10,13H,2-3,5-6,8H2,(H,17,20). The minimum Gasteiger partial charge on any atom is -0.423 e. The van der Waals surface area contributed by atoms with Crippen molar-refractivity contribution in [2.24, 2.45) is 0 Å². The zero-order valence-corrected chi connectivity index (χ0v) is 11.9. The van der Waals surface area contributed by atoms with Crippen molar-refractivity contribution in [2.45, 2.75) is 25.0 Å². The van der Waals surface area contributed by atoms with Gasteiger partial charge in [0.15, 0.2) is 11.7 Å². The molecule has 1 saturated carbocycles. The van der Waals surface area contributed by atoms with Crippen molar-refractivity contribution in [1.82, 2.24) is 10.3 Å². The van der Waals surface area contributed by atoms with E-state index in [-0.39, 0.29) is 11.7 Å². The van der Waals surface area contributed by atoms with E-state index in [1.54, 1.807) is 6.07 Å². The minimum absolute atomic E-state index is 0.0886. The van der Waals surface area contributed by atoms with Crippen LogP contribution in [-0.2, 0) is 9.53 Å². The molecule has 2 fully saturated rings. The molecule has 4 rings (SSSR count). The predicted octanol–water partition coefficient (Wildman–Crippen LogP) is 1.45. The quantitative estimate of drug-likeness (QED) is 0.929. The third-order valence-electron chi connectivity index (χ3n) is 3.89. The summed E-state index contributed by atoms with van der Waals surface area (Å²) in [6.07, 6.45) is 1.55. The molecule has 1 aromatic heterocycles. The zero-order chi connectivity index (χ0) is 15.1. The van der Waals surface area contributed by atoms with Gasteiger partial charge in [-0.25, -0.2) is 4.39 Å². The number of halogens is 1. The first kappa shape index (κ1) is 13.5. The lowest BCUT2D eigenvalue weighted by atomic mass is 10.2. The smallest absolute Gasteiger partial charge is 0.298 e. The molecule has 22 heavy (non-hydrogen) atoms. The molecule has 1 saturated heterocycles. The fourth-order valence-electron chi connectivity index (χ4n) is 2.53. The molecule has 0 spiro atoms. The molecule has 0 radical (unpaired) electrons. The number of fused-ring (bicyclic) bond motifs is 1. The second kappa shape index (κ2) is 5.24. The van der Waals surface area contributed by atoms with Crippen LogP contribution in [0.4, 0.5) is 10.4 Å². The molecular formula is C15H16FN3O3. The monoisotopic (exact) mass is 305 g/mol. The lowest BCUT2D eigenvalue weighted by Crippen LogP contribution is -2.50. The summed E-state index contributed by atoms with van der Waals surface area (Å²) in [5.41, 5.74) is 1.00. The van der Waals surface area contributed by atoms with E-state index >= 15 is 0 Å². The Balaban J connectivity index is 1.51. The van der Waals surface area contributed by atoms with Crippen LogP contribution in [0.2, 0.25) is 0 Å². The number of ether oxygens (including phenoxy) is 1. The number of aromatic nitrogens is 1. The number of hydrogen-bond donors (Lipinski definition) is 1. The summed E-state index contributed by atoms with van der Waals surface area (Å²) in [6.45, 7) is 1.40. The lowest BCUT2D eigenvalue weighted by molar-refractivity contribution is -0.133. The summed E-state index contributed by atoms with van der Waals surface area (Å²) in [7, 11) is 0. The molecule has 1 atom stereocenters. The van der Waals surface area contributed by atoms with Gasteiger partial charge in [0.25, 0.3) is 11.9 Å². The second-order valence-corrected chi connectivity index (χ2v) is 5.70. The van der Waals surface area contributed by atoms with Crippen LogP contribution in [0, 0.1) is 5.82 Å². The van der Waals surface area contributed by atoms with Crippen molar-refractivity contribution in [1.29, 1.82) is 0 Å². The van der Waals surface area contributed by atoms with Gasteiger partial charge in [0, 0.05) is 18.7 Å². The molecule has 1 unspecified atom stereocenters. The number of amides is 1. The highest BCUT2D eigenvalue weighted by Gasteiger charge is 2.32. The summed E-state index contributed by atoms with van der Waals surface area (Å²) in [5, 5.41) is 2.94. The first-order chi connectivity index (χ1) is 10.7. The first-order valence-electron chi connectivity index (χ1n) is 7.42. The van der Waals surface area contributed by atoms with Crippen LogP contribution in [-0.4, -0.2) is 42.7 Å². The topological polar surface area (TPSA) is 67.6 Å². The van der Waals surface area contributed by atoms with Gasteiger partial charge in [0.1, 0.15) is 11.3 Å². The van der Waals surface area contributed by atoms with Gasteiger partial charge in [-0.2, -0.15) is 4.98 Å². The number of nitrogens with zero attached hydrogens (tertiary/aromatic N) is 2. The van der Waals surface area contributed by atoms with E-state index in [4.69, 9.17) is 9.15 Å². The Bertz CT molecular complexity index is 713. The zero-order valence-electron chi connectivity index (χ0n) is 11.9. The molecule has 2 aromatic rings. The highest BCUT2D eigenvalue weighted by molar-refractivity contribution is 5.82. The van der Waals surface area contributed by atoms with Crippen LogP contribution >= 0.6 is 0 Å². The summed E-state index contributed by atoms with van der Waals surface area (Å²) in [6, 6.07) is 4.94. The Morgan fingerprint density at radius 1 is 1.41 bits per heavy atom. The Labute approximate surface area is 126 Å². The van der Waals surface area contributed by atoms with Crippen molar-refractivity contribution in [3.8, 4) is 0 Å². The average molecular weight is 305 g/mol. The fraction of sp³-hybridized carbons (Fsp3) is 0.467. The Morgan fingerprint density at radius 2 is 2.27 bits per heavy atom. The third-order valence-corrected chi connectivity index (χ3v) is 3.89. The van der Waals surface area contributed by atoms with Crippen LogP contribution in [0.5, 0.6) is 0 Å². The van der Waals surface area contributed by atoms with E-state index in [1.165, 1.54) is 12.1 Å². The van der Waals surface area contributed by atoms with Crippen molar-refractivity contribution in [2.75, 3.05) is 24.6 Å². The van der Waals surface area contributed by atoms with Crippen LogP contribution < -0.4 is 10.2 Å². The fourth-order valence-corrected chi connectivity index (χ4v) is 2.53. The van der Waals surface area contributed by atoms with Crippen molar-refractivity contribution >= 4 is 23.0 Å². The molecule has 1 aliphatic carbocycles. The molecule has 2 heterocycles. The molecule has 7 heteroatoms. The van der Waals surface area contributed by atoms with Crippen LogP contribution in [0.25, 0.3) is 11.1 Å². The molecule has 1 amide bonds. The Kier molecular flexibility index (Phi) is 3.22. The summed E-state index contributed by atoms with van der Waals surface area (Å²) in [5.74, 6) is -0.451. The number of oxazole rings is 1. The maximum atomic E-state index is 13.2. The molecule has 6 nitrogen and oxygen atoms in total. The van der Waals surface area contributed by atoms with E-state index in [0.717, 1.165) is 12.8 Å². The van der Waals surface area contributed by atoms with E-state index in [9.17, 15) is 9.18 Å². The number of nitrogens with one attached hydrogen (secondary N) is 1. The summed E-state index contributed by atoms with van der Waals surface area (Å²) < 4.78 is 24.3. The predicted molar refractivity (Wildman–Crippen MR) is 77.1 cm³/mol. The van der Waals surface area contributed by atoms with E-state index in [1.807, 2.05) is 4.90 Å². The van der Waals surface area contributed by atoms with Gasteiger partial charge in [-0.15, -0.1) is 0 Å². The second-order valence-electron chi connectivity index (χ2n) is 5.70. The normalized spacial score (nSPS) is 22.0. The summed E-state index contributed by atoms with van der Waals surface area (Å²) >= 11 is 0. The molecule has 2 aliphatic rings. The number of morpholine rings is 1. The molecule has 0 bridgehead atoms. The number of carbonyl (C=O) groups excluding carboxylic acids is 1. The Hall–Kier alpha value is -2.15. The highest BCUT2D eigenvalue weighted by atomic mass is 19.1. The van der Waals surface area contributed by atoms with E-state index in [2.05, 4.69) is 10.3 Å². The molecule has 1 N–H and O–H groups in total. The first-order valence-corrected chi connectivity index (χ1v) is 7.42. The van der Waals surface area contributed by atoms with Gasteiger partial charge >= 0.3 is 0 Å². The average Bonchev–Trinajstić information content (AvgIpc) is 3.23. The van der Waals surface area contributed by atoms with E-state index in [0.29, 0.717) is 42.9 Å². The maximum absolute atomic E-state index is 13.2. The molecular weight excluding hydrogens is 289 g/mol.